The van der Waals surface area contributed by atoms with Crippen LogP contribution in [0.25, 0.3) is 0 Å². The van der Waals surface area contributed by atoms with Gasteiger partial charge in [-0.2, -0.15) is 0 Å². The second-order valence-electron chi connectivity index (χ2n) is 7.52. The van der Waals surface area contributed by atoms with E-state index in [-0.39, 0.29) is 30.0 Å². The highest BCUT2D eigenvalue weighted by Crippen LogP contribution is 2.24. The first-order valence-corrected chi connectivity index (χ1v) is 10.9. The summed E-state index contributed by atoms with van der Waals surface area (Å²) in [5, 5.41) is 15.3. The third kappa shape index (κ3) is 7.76. The summed E-state index contributed by atoms with van der Waals surface area (Å²) < 4.78 is 13.1. The minimum atomic E-state index is 0. The molecule has 0 aromatic carbocycles. The van der Waals surface area contributed by atoms with Crippen LogP contribution in [0.15, 0.2) is 27.8 Å². The standard InChI is InChI=1S/C21H35N7O2.HI/c1-4-29-13-8-10-22-21(24-16-20-26-25-17(2)27(20)3)23-15-18(19-9-7-14-30-19)28-11-5-6-12-28;/h7,9,14,18H,4-6,8,10-13,15-16H2,1-3H3,(H2,22,23,24);1H. The van der Waals surface area contributed by atoms with Crippen molar-refractivity contribution in [3.8, 4) is 0 Å². The van der Waals surface area contributed by atoms with E-state index in [9.17, 15) is 0 Å². The molecule has 31 heavy (non-hydrogen) atoms. The Balaban J connectivity index is 0.00000341. The average Bonchev–Trinajstić information content (AvgIpc) is 3.51. The fourth-order valence-electron chi connectivity index (χ4n) is 3.58. The van der Waals surface area contributed by atoms with Crippen LogP contribution in [0.2, 0.25) is 0 Å². The average molecular weight is 545 g/mol. The molecule has 2 aromatic heterocycles. The smallest absolute Gasteiger partial charge is 0.191 e. The third-order valence-electron chi connectivity index (χ3n) is 5.44. The van der Waals surface area contributed by atoms with E-state index >= 15 is 0 Å². The van der Waals surface area contributed by atoms with Gasteiger partial charge in [-0.05, 0) is 58.3 Å². The van der Waals surface area contributed by atoms with E-state index in [0.29, 0.717) is 6.54 Å². The van der Waals surface area contributed by atoms with Gasteiger partial charge in [-0.3, -0.25) is 4.90 Å². The minimum absolute atomic E-state index is 0. The van der Waals surface area contributed by atoms with Crippen LogP contribution in [0, 0.1) is 6.92 Å². The van der Waals surface area contributed by atoms with Crippen molar-refractivity contribution in [3.05, 3.63) is 35.8 Å². The molecule has 0 amide bonds. The van der Waals surface area contributed by atoms with Crippen LogP contribution in [0.1, 0.15) is 49.6 Å². The molecule has 1 saturated heterocycles. The predicted octanol–water partition coefficient (Wildman–Crippen LogP) is 2.63. The van der Waals surface area contributed by atoms with Gasteiger partial charge in [-0.1, -0.05) is 0 Å². The Bertz CT molecular complexity index is 773. The number of rotatable bonds is 11. The largest absolute Gasteiger partial charge is 0.468 e. The van der Waals surface area contributed by atoms with Crippen molar-refractivity contribution in [3.63, 3.8) is 0 Å². The van der Waals surface area contributed by atoms with E-state index in [2.05, 4.69) is 31.8 Å². The molecule has 10 heteroatoms. The van der Waals surface area contributed by atoms with Crippen LogP contribution in [-0.4, -0.2) is 65.0 Å². The van der Waals surface area contributed by atoms with E-state index < -0.39 is 0 Å². The lowest BCUT2D eigenvalue weighted by Gasteiger charge is -2.26. The second kappa shape index (κ2) is 13.7. The molecule has 2 aromatic rings. The van der Waals surface area contributed by atoms with Crippen molar-refractivity contribution >= 4 is 29.9 Å². The molecule has 0 saturated carbocycles. The summed E-state index contributed by atoms with van der Waals surface area (Å²) in [6.45, 7) is 9.61. The van der Waals surface area contributed by atoms with Gasteiger partial charge in [0.25, 0.3) is 0 Å². The maximum Gasteiger partial charge on any atom is 0.191 e. The van der Waals surface area contributed by atoms with Crippen LogP contribution in [-0.2, 0) is 18.3 Å². The summed E-state index contributed by atoms with van der Waals surface area (Å²) in [6.07, 6.45) is 5.14. The SMILES string of the molecule is CCOCCCNC(=NCc1nnc(C)n1C)NCC(c1ccco1)N1CCCC1.I. The molecule has 3 rings (SSSR count). The number of guanidine groups is 1. The molecule has 1 fully saturated rings. The fourth-order valence-corrected chi connectivity index (χ4v) is 3.58. The number of likely N-dealkylation sites (tertiary alicyclic amines) is 1. The summed E-state index contributed by atoms with van der Waals surface area (Å²) in [5.74, 6) is 3.48. The molecular formula is C21H36IN7O2. The molecule has 1 aliphatic rings. The topological polar surface area (TPSA) is 92.7 Å². The van der Waals surface area contributed by atoms with Crippen LogP contribution in [0.4, 0.5) is 0 Å². The molecule has 2 N–H and O–H groups in total. The highest BCUT2D eigenvalue weighted by molar-refractivity contribution is 14.0. The number of aliphatic imine (C=N–C) groups is 1. The van der Waals surface area contributed by atoms with Gasteiger partial charge < -0.3 is 24.4 Å². The Kier molecular flexibility index (Phi) is 11.3. The van der Waals surface area contributed by atoms with E-state index in [1.807, 2.05) is 31.5 Å². The number of aryl methyl sites for hydroxylation is 1. The van der Waals surface area contributed by atoms with Crippen molar-refractivity contribution in [2.24, 2.45) is 12.0 Å². The molecule has 0 bridgehead atoms. The third-order valence-corrected chi connectivity index (χ3v) is 5.44. The molecule has 0 spiro atoms. The second-order valence-corrected chi connectivity index (χ2v) is 7.52. The summed E-state index contributed by atoms with van der Waals surface area (Å²) >= 11 is 0. The van der Waals surface area contributed by atoms with Crippen molar-refractivity contribution < 1.29 is 9.15 Å². The first kappa shape index (κ1) is 25.6. The van der Waals surface area contributed by atoms with Crippen molar-refractivity contribution in [1.82, 2.24) is 30.3 Å². The number of nitrogens with one attached hydrogen (secondary N) is 2. The Morgan fingerprint density at radius 1 is 1.29 bits per heavy atom. The van der Waals surface area contributed by atoms with Crippen LogP contribution in [0.5, 0.6) is 0 Å². The predicted molar refractivity (Wildman–Crippen MR) is 132 cm³/mol. The molecule has 0 radical (unpaired) electrons. The zero-order valence-electron chi connectivity index (χ0n) is 18.8. The summed E-state index contributed by atoms with van der Waals surface area (Å²) in [7, 11) is 1.96. The lowest BCUT2D eigenvalue weighted by molar-refractivity contribution is 0.145. The molecule has 1 aliphatic heterocycles. The Hall–Kier alpha value is -1.66. The van der Waals surface area contributed by atoms with Crippen molar-refractivity contribution in [2.45, 2.75) is 45.7 Å². The highest BCUT2D eigenvalue weighted by atomic mass is 127. The van der Waals surface area contributed by atoms with Gasteiger partial charge in [0.15, 0.2) is 11.8 Å². The monoisotopic (exact) mass is 545 g/mol. The Morgan fingerprint density at radius 3 is 2.74 bits per heavy atom. The number of aromatic nitrogens is 3. The quantitative estimate of drug-likeness (QED) is 0.194. The minimum Gasteiger partial charge on any atom is -0.468 e. The van der Waals surface area contributed by atoms with Gasteiger partial charge in [-0.15, -0.1) is 34.2 Å². The molecular weight excluding hydrogens is 509 g/mol. The number of hydrogen-bond donors (Lipinski definition) is 2. The fraction of sp³-hybridized carbons (Fsp3) is 0.667. The number of ether oxygens (including phenoxy) is 1. The zero-order valence-corrected chi connectivity index (χ0v) is 21.2. The van der Waals surface area contributed by atoms with Crippen LogP contribution >= 0.6 is 24.0 Å². The number of furan rings is 1. The van der Waals surface area contributed by atoms with Crippen molar-refractivity contribution in [2.75, 3.05) is 39.4 Å². The van der Waals surface area contributed by atoms with Gasteiger partial charge in [0.2, 0.25) is 0 Å². The Morgan fingerprint density at radius 2 is 2.10 bits per heavy atom. The summed E-state index contributed by atoms with van der Waals surface area (Å²) in [6, 6.07) is 4.20. The number of halogens is 1. The molecule has 0 aliphatic carbocycles. The first-order valence-electron chi connectivity index (χ1n) is 10.9. The molecule has 9 nitrogen and oxygen atoms in total. The van der Waals surface area contributed by atoms with Crippen LogP contribution in [0.3, 0.4) is 0 Å². The Labute approximate surface area is 202 Å². The highest BCUT2D eigenvalue weighted by Gasteiger charge is 2.25. The maximum atomic E-state index is 5.73. The van der Waals surface area contributed by atoms with Crippen LogP contribution < -0.4 is 10.6 Å². The molecule has 1 unspecified atom stereocenters. The van der Waals surface area contributed by atoms with Gasteiger partial charge in [-0.25, -0.2) is 4.99 Å². The molecule has 174 valence electrons. The molecule has 3 heterocycles. The van der Waals surface area contributed by atoms with E-state index in [1.54, 1.807) is 6.26 Å². The number of nitrogens with zero attached hydrogens (tertiary/aromatic N) is 5. The number of hydrogen-bond acceptors (Lipinski definition) is 6. The first-order chi connectivity index (χ1) is 14.7. The summed E-state index contributed by atoms with van der Waals surface area (Å²) in [5.41, 5.74) is 0. The van der Waals surface area contributed by atoms with Crippen molar-refractivity contribution in [1.29, 1.82) is 0 Å². The maximum absolute atomic E-state index is 5.73. The lowest BCUT2D eigenvalue weighted by Crippen LogP contribution is -2.43. The van der Waals surface area contributed by atoms with E-state index in [1.165, 1.54) is 12.8 Å². The van der Waals surface area contributed by atoms with Gasteiger partial charge in [0.1, 0.15) is 18.1 Å². The zero-order chi connectivity index (χ0) is 21.2. The van der Waals surface area contributed by atoms with Gasteiger partial charge >= 0.3 is 0 Å². The normalized spacial score (nSPS) is 15.6. The molecule has 1 atom stereocenters. The van der Waals surface area contributed by atoms with Gasteiger partial charge in [0.05, 0.1) is 12.3 Å². The lowest BCUT2D eigenvalue weighted by atomic mass is 10.2. The van der Waals surface area contributed by atoms with Gasteiger partial charge in [0, 0.05) is 33.4 Å². The van der Waals surface area contributed by atoms with E-state index in [4.69, 9.17) is 14.1 Å². The summed E-state index contributed by atoms with van der Waals surface area (Å²) in [4.78, 5) is 7.22. The van der Waals surface area contributed by atoms with E-state index in [0.717, 1.165) is 69.2 Å².